The third-order valence-corrected chi connectivity index (χ3v) is 5.49. The summed E-state index contributed by atoms with van der Waals surface area (Å²) in [5.41, 5.74) is 0. The zero-order chi connectivity index (χ0) is 17.1. The summed E-state index contributed by atoms with van der Waals surface area (Å²) in [5, 5.41) is 3.20. The molecule has 2 aliphatic rings. The van der Waals surface area contributed by atoms with Gasteiger partial charge in [0, 0.05) is 38.6 Å². The molecule has 0 saturated carbocycles. The Bertz CT molecular complexity index is 541. The van der Waals surface area contributed by atoms with Gasteiger partial charge in [-0.2, -0.15) is 0 Å². The predicted octanol–water partition coefficient (Wildman–Crippen LogP) is 2.39. The van der Waals surface area contributed by atoms with Crippen LogP contribution in [0.5, 0.6) is 0 Å². The first-order chi connectivity index (χ1) is 11.6. The van der Waals surface area contributed by atoms with E-state index in [1.54, 1.807) is 6.20 Å². The first-order valence-electron chi connectivity index (χ1n) is 9.33. The smallest absolute Gasteiger partial charge is 0.317 e. The SMILES string of the molecule is CC(C)[C@@H](NC(=O)N1CCC(N2CCCC2)CC1)c1nccn1C. The van der Waals surface area contributed by atoms with Crippen molar-refractivity contribution in [1.82, 2.24) is 24.7 Å². The van der Waals surface area contributed by atoms with Crippen LogP contribution >= 0.6 is 0 Å². The molecule has 0 radical (unpaired) electrons. The second-order valence-corrected chi connectivity index (χ2v) is 7.53. The van der Waals surface area contributed by atoms with Crippen LogP contribution in [0.2, 0.25) is 0 Å². The number of aromatic nitrogens is 2. The molecular weight excluding hydrogens is 302 g/mol. The molecule has 2 amide bonds. The second kappa shape index (κ2) is 7.55. The molecule has 1 N–H and O–H groups in total. The van der Waals surface area contributed by atoms with Gasteiger partial charge in [-0.15, -0.1) is 0 Å². The van der Waals surface area contributed by atoms with Crippen molar-refractivity contribution in [1.29, 1.82) is 0 Å². The summed E-state index contributed by atoms with van der Waals surface area (Å²) < 4.78 is 1.99. The average molecular weight is 333 g/mol. The van der Waals surface area contributed by atoms with Gasteiger partial charge < -0.3 is 19.7 Å². The standard InChI is InChI=1S/C18H31N5O/c1-14(2)16(17-19-8-13-21(17)3)20-18(24)23-11-6-15(7-12-23)22-9-4-5-10-22/h8,13-16H,4-7,9-12H2,1-3H3,(H,20,24)/t16-/m1/s1. The van der Waals surface area contributed by atoms with Crippen LogP contribution in [0.3, 0.4) is 0 Å². The topological polar surface area (TPSA) is 53.4 Å². The third kappa shape index (κ3) is 3.74. The largest absolute Gasteiger partial charge is 0.336 e. The van der Waals surface area contributed by atoms with Gasteiger partial charge in [-0.05, 0) is 44.7 Å². The zero-order valence-corrected chi connectivity index (χ0v) is 15.2. The van der Waals surface area contributed by atoms with Crippen LogP contribution in [0.4, 0.5) is 4.79 Å². The molecule has 0 aliphatic carbocycles. The van der Waals surface area contributed by atoms with Crippen molar-refractivity contribution in [3.63, 3.8) is 0 Å². The van der Waals surface area contributed by atoms with Crippen LogP contribution in [0.25, 0.3) is 0 Å². The molecule has 2 fully saturated rings. The van der Waals surface area contributed by atoms with E-state index in [-0.39, 0.29) is 12.1 Å². The van der Waals surface area contributed by atoms with E-state index >= 15 is 0 Å². The molecule has 1 aromatic heterocycles. The first kappa shape index (κ1) is 17.3. The Morgan fingerprint density at radius 3 is 2.42 bits per heavy atom. The summed E-state index contributed by atoms with van der Waals surface area (Å²) in [5.74, 6) is 1.22. The minimum absolute atomic E-state index is 0.0474. The molecule has 6 heteroatoms. The van der Waals surface area contributed by atoms with Crippen LogP contribution in [0, 0.1) is 5.92 Å². The Balaban J connectivity index is 1.55. The molecule has 2 saturated heterocycles. The number of nitrogens with zero attached hydrogens (tertiary/aromatic N) is 4. The van der Waals surface area contributed by atoms with E-state index in [9.17, 15) is 4.79 Å². The van der Waals surface area contributed by atoms with Crippen molar-refractivity contribution in [3.05, 3.63) is 18.2 Å². The fourth-order valence-corrected chi connectivity index (χ4v) is 3.97. The molecule has 3 heterocycles. The summed E-state index contributed by atoms with van der Waals surface area (Å²) >= 11 is 0. The van der Waals surface area contributed by atoms with Gasteiger partial charge in [0.1, 0.15) is 5.82 Å². The van der Waals surface area contributed by atoms with Gasteiger partial charge in [0.25, 0.3) is 0 Å². The Hall–Kier alpha value is -1.56. The Labute approximate surface area is 145 Å². The number of aryl methyl sites for hydroxylation is 1. The number of amides is 2. The van der Waals surface area contributed by atoms with Crippen molar-refractivity contribution in [3.8, 4) is 0 Å². The average Bonchev–Trinajstić information content (AvgIpc) is 3.24. The molecule has 2 aliphatic heterocycles. The normalized spacial score (nSPS) is 21.4. The molecule has 1 atom stereocenters. The van der Waals surface area contributed by atoms with Crippen LogP contribution in [-0.2, 0) is 7.05 Å². The Kier molecular flexibility index (Phi) is 5.43. The number of likely N-dealkylation sites (tertiary alicyclic amines) is 2. The molecule has 134 valence electrons. The van der Waals surface area contributed by atoms with Crippen LogP contribution in [0.15, 0.2) is 12.4 Å². The predicted molar refractivity (Wildman–Crippen MR) is 94.7 cm³/mol. The highest BCUT2D eigenvalue weighted by Crippen LogP contribution is 2.23. The quantitative estimate of drug-likeness (QED) is 0.920. The number of carbonyl (C=O) groups excluding carboxylic acids is 1. The fourth-order valence-electron chi connectivity index (χ4n) is 3.97. The summed E-state index contributed by atoms with van der Waals surface area (Å²) in [6.07, 6.45) is 8.59. The third-order valence-electron chi connectivity index (χ3n) is 5.49. The number of hydrogen-bond donors (Lipinski definition) is 1. The van der Waals surface area contributed by atoms with E-state index in [2.05, 4.69) is 29.0 Å². The molecule has 0 unspecified atom stereocenters. The summed E-state index contributed by atoms with van der Waals surface area (Å²) in [6.45, 7) is 8.45. The van der Waals surface area contributed by atoms with E-state index in [1.165, 1.54) is 25.9 Å². The van der Waals surface area contributed by atoms with Crippen molar-refractivity contribution in [2.24, 2.45) is 13.0 Å². The Morgan fingerprint density at radius 1 is 1.21 bits per heavy atom. The van der Waals surface area contributed by atoms with Crippen molar-refractivity contribution >= 4 is 6.03 Å². The van der Waals surface area contributed by atoms with Crippen molar-refractivity contribution in [2.75, 3.05) is 26.2 Å². The summed E-state index contributed by atoms with van der Waals surface area (Å²) in [7, 11) is 1.98. The van der Waals surface area contributed by atoms with Gasteiger partial charge in [-0.1, -0.05) is 13.8 Å². The van der Waals surface area contributed by atoms with E-state index in [4.69, 9.17) is 0 Å². The number of nitrogens with one attached hydrogen (secondary N) is 1. The van der Waals surface area contributed by atoms with Crippen molar-refractivity contribution in [2.45, 2.75) is 51.6 Å². The number of rotatable bonds is 4. The van der Waals surface area contributed by atoms with Gasteiger partial charge in [0.15, 0.2) is 0 Å². The lowest BCUT2D eigenvalue weighted by Gasteiger charge is -2.37. The fraction of sp³-hybridized carbons (Fsp3) is 0.778. The second-order valence-electron chi connectivity index (χ2n) is 7.53. The highest BCUT2D eigenvalue weighted by molar-refractivity contribution is 5.74. The minimum atomic E-state index is -0.0474. The van der Waals surface area contributed by atoms with E-state index in [1.807, 2.05) is 22.7 Å². The lowest BCUT2D eigenvalue weighted by molar-refractivity contribution is 0.130. The molecule has 0 spiro atoms. The number of hydrogen-bond acceptors (Lipinski definition) is 3. The van der Waals surface area contributed by atoms with E-state index in [0.717, 1.165) is 31.8 Å². The molecule has 1 aromatic rings. The maximum Gasteiger partial charge on any atom is 0.317 e. The molecular formula is C18H31N5O. The molecule has 6 nitrogen and oxygen atoms in total. The lowest BCUT2D eigenvalue weighted by atomic mass is 10.0. The highest BCUT2D eigenvalue weighted by atomic mass is 16.2. The molecule has 0 aromatic carbocycles. The van der Waals surface area contributed by atoms with E-state index in [0.29, 0.717) is 12.0 Å². The van der Waals surface area contributed by atoms with Crippen LogP contribution in [-0.4, -0.2) is 57.6 Å². The van der Waals surface area contributed by atoms with Gasteiger partial charge in [0.05, 0.1) is 6.04 Å². The molecule has 3 rings (SSSR count). The minimum Gasteiger partial charge on any atom is -0.336 e. The number of carbonyl (C=O) groups is 1. The first-order valence-corrected chi connectivity index (χ1v) is 9.33. The maximum atomic E-state index is 12.7. The number of imidazole rings is 1. The number of piperidine rings is 1. The van der Waals surface area contributed by atoms with E-state index < -0.39 is 0 Å². The maximum absolute atomic E-state index is 12.7. The summed E-state index contributed by atoms with van der Waals surface area (Å²) in [4.78, 5) is 21.7. The summed E-state index contributed by atoms with van der Waals surface area (Å²) in [6, 6.07) is 0.678. The molecule has 0 bridgehead atoms. The van der Waals surface area contributed by atoms with Crippen LogP contribution in [0.1, 0.15) is 51.4 Å². The van der Waals surface area contributed by atoms with Crippen LogP contribution < -0.4 is 5.32 Å². The Morgan fingerprint density at radius 2 is 1.88 bits per heavy atom. The number of urea groups is 1. The van der Waals surface area contributed by atoms with Crippen molar-refractivity contribution < 1.29 is 4.79 Å². The zero-order valence-electron chi connectivity index (χ0n) is 15.2. The van der Waals surface area contributed by atoms with Gasteiger partial charge in [-0.25, -0.2) is 9.78 Å². The lowest BCUT2D eigenvalue weighted by Crippen LogP contribution is -2.50. The monoisotopic (exact) mass is 333 g/mol. The van der Waals surface area contributed by atoms with Gasteiger partial charge in [-0.3, -0.25) is 0 Å². The van der Waals surface area contributed by atoms with Gasteiger partial charge in [0.2, 0.25) is 0 Å². The van der Waals surface area contributed by atoms with Gasteiger partial charge >= 0.3 is 6.03 Å². The highest BCUT2D eigenvalue weighted by Gasteiger charge is 2.30. The molecule has 24 heavy (non-hydrogen) atoms.